The first-order valence-electron chi connectivity index (χ1n) is 11.4. The van der Waals surface area contributed by atoms with Gasteiger partial charge < -0.3 is 24.6 Å². The van der Waals surface area contributed by atoms with Gasteiger partial charge in [0.15, 0.2) is 0 Å². The van der Waals surface area contributed by atoms with E-state index in [2.05, 4.69) is 5.32 Å². The second-order valence-electron chi connectivity index (χ2n) is 8.57. The zero-order valence-corrected chi connectivity index (χ0v) is 19.2. The van der Waals surface area contributed by atoms with Gasteiger partial charge >= 0.3 is 5.97 Å². The number of aromatic nitrogens is 1. The van der Waals surface area contributed by atoms with Crippen molar-refractivity contribution in [2.24, 2.45) is 0 Å². The Labute approximate surface area is 205 Å². The first kappa shape index (κ1) is 23.5. The number of ether oxygens (including phenoxy) is 1. The van der Waals surface area contributed by atoms with E-state index in [1.807, 2.05) is 35.2 Å². The number of nitrogens with one attached hydrogen (secondary N) is 1. The van der Waals surface area contributed by atoms with Crippen LogP contribution in [-0.4, -0.2) is 47.9 Å². The number of piperazine rings is 1. The summed E-state index contributed by atoms with van der Waals surface area (Å²) in [4.78, 5) is 26.4. The summed E-state index contributed by atoms with van der Waals surface area (Å²) in [6, 6.07) is 17.4. The van der Waals surface area contributed by atoms with Gasteiger partial charge in [0.1, 0.15) is 29.6 Å². The lowest BCUT2D eigenvalue weighted by Crippen LogP contribution is -2.53. The number of carbonyl (C=O) groups is 1. The van der Waals surface area contributed by atoms with Crippen molar-refractivity contribution in [3.05, 3.63) is 100 Å². The molecule has 0 bridgehead atoms. The number of anilines is 1. The molecule has 184 valence electrons. The van der Waals surface area contributed by atoms with E-state index in [9.17, 15) is 19.1 Å². The summed E-state index contributed by atoms with van der Waals surface area (Å²) in [5.41, 5.74) is -0.235. The molecule has 1 unspecified atom stereocenters. The number of benzene rings is 3. The van der Waals surface area contributed by atoms with E-state index in [0.29, 0.717) is 37.4 Å². The van der Waals surface area contributed by atoms with Crippen LogP contribution in [0, 0.1) is 11.6 Å². The Morgan fingerprint density at radius 2 is 1.83 bits per heavy atom. The molecule has 1 atom stereocenters. The number of fused-ring (bicyclic) bond motifs is 1. The molecule has 36 heavy (non-hydrogen) atoms. The maximum Gasteiger partial charge on any atom is 0.341 e. The molecule has 2 heterocycles. The van der Waals surface area contributed by atoms with Crippen molar-refractivity contribution in [3.8, 4) is 11.4 Å². The summed E-state index contributed by atoms with van der Waals surface area (Å²) >= 11 is 0. The van der Waals surface area contributed by atoms with Crippen molar-refractivity contribution in [2.75, 3.05) is 31.1 Å². The van der Waals surface area contributed by atoms with Crippen LogP contribution in [0.3, 0.4) is 0 Å². The molecule has 0 radical (unpaired) electrons. The maximum absolute atomic E-state index is 15.3. The van der Waals surface area contributed by atoms with Crippen LogP contribution in [0.1, 0.15) is 10.4 Å². The average molecular weight is 491 g/mol. The third-order valence-corrected chi connectivity index (χ3v) is 6.20. The number of carboxylic acid groups (broad SMARTS) is 1. The molecule has 0 aliphatic carbocycles. The molecule has 5 rings (SSSR count). The monoisotopic (exact) mass is 491 g/mol. The zero-order chi connectivity index (χ0) is 25.2. The van der Waals surface area contributed by atoms with Gasteiger partial charge in [0.05, 0.1) is 17.2 Å². The number of nitrogens with zero attached hydrogens (tertiary/aromatic N) is 2. The molecule has 1 saturated heterocycles. The summed E-state index contributed by atoms with van der Waals surface area (Å²) in [6.45, 7) is 1.97. The highest BCUT2D eigenvalue weighted by Gasteiger charge is 2.24. The molecule has 1 aliphatic heterocycles. The van der Waals surface area contributed by atoms with Gasteiger partial charge in [0.25, 0.3) is 0 Å². The minimum Gasteiger partial charge on any atom is -0.492 e. The number of hydrogen-bond donors (Lipinski definition) is 2. The Bertz CT molecular complexity index is 1470. The normalized spacial score (nSPS) is 15.7. The predicted molar refractivity (Wildman–Crippen MR) is 132 cm³/mol. The second kappa shape index (κ2) is 9.79. The molecule has 0 spiro atoms. The number of rotatable bonds is 6. The van der Waals surface area contributed by atoms with Crippen molar-refractivity contribution in [3.63, 3.8) is 0 Å². The highest BCUT2D eigenvalue weighted by Crippen LogP contribution is 2.28. The van der Waals surface area contributed by atoms with E-state index < -0.39 is 28.6 Å². The molecule has 7 nitrogen and oxygen atoms in total. The molecule has 1 aliphatic rings. The minimum absolute atomic E-state index is 0.0669. The van der Waals surface area contributed by atoms with Crippen molar-refractivity contribution >= 4 is 22.6 Å². The van der Waals surface area contributed by atoms with Crippen LogP contribution in [0.15, 0.2) is 77.7 Å². The third-order valence-electron chi connectivity index (χ3n) is 6.20. The van der Waals surface area contributed by atoms with Gasteiger partial charge in [-0.05, 0) is 48.5 Å². The Kier molecular flexibility index (Phi) is 6.39. The zero-order valence-electron chi connectivity index (χ0n) is 19.2. The average Bonchev–Trinajstić information content (AvgIpc) is 2.89. The molecule has 1 aromatic heterocycles. The number of para-hydroxylation sites is 1. The fraction of sp³-hybridized carbons (Fsp3) is 0.185. The smallest absolute Gasteiger partial charge is 0.341 e. The van der Waals surface area contributed by atoms with Gasteiger partial charge in [0, 0.05) is 36.9 Å². The molecule has 2 N–H and O–H groups in total. The fourth-order valence-electron chi connectivity index (χ4n) is 4.41. The van der Waals surface area contributed by atoms with E-state index >= 15 is 4.39 Å². The highest BCUT2D eigenvalue weighted by atomic mass is 19.1. The molecule has 4 aromatic rings. The molecular formula is C27H23F2N3O4. The van der Waals surface area contributed by atoms with Crippen LogP contribution in [0.4, 0.5) is 14.5 Å². The summed E-state index contributed by atoms with van der Waals surface area (Å²) in [5.74, 6) is -1.77. The van der Waals surface area contributed by atoms with Crippen molar-refractivity contribution < 1.29 is 23.4 Å². The molecule has 9 heteroatoms. The number of carboxylic acids is 1. The van der Waals surface area contributed by atoms with E-state index in [1.165, 1.54) is 35.0 Å². The topological polar surface area (TPSA) is 83.8 Å². The Hall–Kier alpha value is -4.24. The number of pyridine rings is 1. The lowest BCUT2D eigenvalue weighted by Gasteiger charge is -2.35. The van der Waals surface area contributed by atoms with Gasteiger partial charge in [-0.3, -0.25) is 4.79 Å². The van der Waals surface area contributed by atoms with Crippen LogP contribution < -0.4 is 20.4 Å². The van der Waals surface area contributed by atoms with Crippen molar-refractivity contribution in [2.45, 2.75) is 6.04 Å². The first-order valence-corrected chi connectivity index (χ1v) is 11.4. The van der Waals surface area contributed by atoms with Gasteiger partial charge in [-0.25, -0.2) is 13.6 Å². The van der Waals surface area contributed by atoms with E-state index in [0.717, 1.165) is 11.8 Å². The Morgan fingerprint density at radius 1 is 1.08 bits per heavy atom. The van der Waals surface area contributed by atoms with Crippen LogP contribution in [0.5, 0.6) is 5.75 Å². The van der Waals surface area contributed by atoms with Crippen LogP contribution in [-0.2, 0) is 0 Å². The largest absolute Gasteiger partial charge is 0.492 e. The van der Waals surface area contributed by atoms with E-state index in [1.54, 1.807) is 6.07 Å². The van der Waals surface area contributed by atoms with Gasteiger partial charge in [-0.2, -0.15) is 0 Å². The summed E-state index contributed by atoms with van der Waals surface area (Å²) in [6.07, 6.45) is 1.19. The van der Waals surface area contributed by atoms with Gasteiger partial charge in [0.2, 0.25) is 5.43 Å². The van der Waals surface area contributed by atoms with E-state index in [-0.39, 0.29) is 17.1 Å². The molecular weight excluding hydrogens is 468 g/mol. The fourth-order valence-corrected chi connectivity index (χ4v) is 4.41. The summed E-state index contributed by atoms with van der Waals surface area (Å²) < 4.78 is 36.2. The summed E-state index contributed by atoms with van der Waals surface area (Å²) in [5, 5.41) is 12.8. The Morgan fingerprint density at radius 3 is 2.56 bits per heavy atom. The number of halogens is 2. The van der Waals surface area contributed by atoms with Crippen molar-refractivity contribution in [1.82, 2.24) is 9.88 Å². The highest BCUT2D eigenvalue weighted by molar-refractivity contribution is 5.94. The number of aromatic carboxylic acids is 1. The molecule has 1 fully saturated rings. The molecule has 0 amide bonds. The SMILES string of the molecule is O=C(O)c1cn(-c2ccc(F)cc2)c2cc(N3CCNC(COc4ccccc4)C3)c(F)cc2c1=O. The lowest BCUT2D eigenvalue weighted by molar-refractivity contribution is 0.0695. The predicted octanol–water partition coefficient (Wildman–Crippen LogP) is 3.82. The standard InChI is InChI=1S/C27H23F2N3O4/c28-17-6-8-19(9-7-17)32-15-22(27(34)35)26(33)21-12-23(29)25(13-24(21)32)31-11-10-30-18(14-31)16-36-20-4-2-1-3-5-20/h1-9,12-13,15,18,30H,10-11,14,16H2,(H,34,35). The molecule has 3 aromatic carbocycles. The first-order chi connectivity index (χ1) is 17.4. The van der Waals surface area contributed by atoms with Gasteiger partial charge in [-0.1, -0.05) is 18.2 Å². The quantitative estimate of drug-likeness (QED) is 0.427. The van der Waals surface area contributed by atoms with E-state index in [4.69, 9.17) is 4.74 Å². The minimum atomic E-state index is -1.43. The second-order valence-corrected chi connectivity index (χ2v) is 8.57. The summed E-state index contributed by atoms with van der Waals surface area (Å²) in [7, 11) is 0. The van der Waals surface area contributed by atoms with Gasteiger partial charge in [-0.15, -0.1) is 0 Å². The number of hydrogen-bond acceptors (Lipinski definition) is 5. The maximum atomic E-state index is 15.3. The van der Waals surface area contributed by atoms with Crippen LogP contribution in [0.2, 0.25) is 0 Å². The van der Waals surface area contributed by atoms with Crippen molar-refractivity contribution in [1.29, 1.82) is 0 Å². The lowest BCUT2D eigenvalue weighted by atomic mass is 10.1. The third kappa shape index (κ3) is 4.65. The van der Waals surface area contributed by atoms with Crippen LogP contribution >= 0.6 is 0 Å². The Balaban J connectivity index is 1.53. The van der Waals surface area contributed by atoms with Crippen LogP contribution in [0.25, 0.3) is 16.6 Å². The molecule has 0 saturated carbocycles.